The molecule has 0 heterocycles. The van der Waals surface area contributed by atoms with E-state index in [1.165, 1.54) is 13.0 Å². The van der Waals surface area contributed by atoms with E-state index in [2.05, 4.69) is 0 Å². The van der Waals surface area contributed by atoms with Gasteiger partial charge < -0.3 is 0 Å². The number of hydrogen-bond acceptors (Lipinski definition) is 1. The minimum atomic E-state index is -0.725. The highest BCUT2D eigenvalue weighted by Gasteiger charge is 2.17. The highest BCUT2D eigenvalue weighted by Crippen LogP contribution is 2.21. The number of halogens is 3. The third kappa shape index (κ3) is 2.66. The molecule has 0 aliphatic carbocycles. The lowest BCUT2D eigenvalue weighted by Gasteiger charge is -2.06. The Bertz CT molecular complexity index is 665. The van der Waals surface area contributed by atoms with Gasteiger partial charge in [0.25, 0.3) is 0 Å². The number of carbonyl (C=O) groups excluding carboxylic acids is 1. The van der Waals surface area contributed by atoms with Crippen LogP contribution in [0.25, 0.3) is 0 Å². The summed E-state index contributed by atoms with van der Waals surface area (Å²) >= 11 is 5.86. The molecule has 19 heavy (non-hydrogen) atoms. The van der Waals surface area contributed by atoms with Crippen molar-refractivity contribution in [3.8, 4) is 0 Å². The monoisotopic (exact) mass is 280 g/mol. The molecule has 0 N–H and O–H groups in total. The van der Waals surface area contributed by atoms with Crippen LogP contribution >= 0.6 is 11.6 Å². The molecule has 0 aromatic heterocycles. The molecule has 2 rings (SSSR count). The summed E-state index contributed by atoms with van der Waals surface area (Å²) in [5, 5.41) is 0.520. The van der Waals surface area contributed by atoms with Crippen LogP contribution < -0.4 is 0 Å². The molecule has 0 saturated heterocycles. The lowest BCUT2D eigenvalue weighted by atomic mass is 10.00. The van der Waals surface area contributed by atoms with Crippen molar-refractivity contribution in [1.29, 1.82) is 0 Å². The maximum Gasteiger partial charge on any atom is 0.196 e. The molecule has 0 bridgehead atoms. The predicted molar refractivity (Wildman–Crippen MR) is 70.7 cm³/mol. The van der Waals surface area contributed by atoms with Crippen LogP contribution in [0.4, 0.5) is 8.78 Å². The van der Waals surface area contributed by atoms with Crippen molar-refractivity contribution in [3.63, 3.8) is 0 Å². The Hall–Kier alpha value is -1.74. The van der Waals surface area contributed by atoms with E-state index in [9.17, 15) is 13.6 Å². The molecule has 0 aliphatic rings. The maximum atomic E-state index is 13.7. The van der Waals surface area contributed by atoms with Gasteiger partial charge in [-0.05, 0) is 55.3 Å². The van der Waals surface area contributed by atoms with Gasteiger partial charge in [-0.1, -0.05) is 11.6 Å². The first kappa shape index (κ1) is 13.7. The number of benzene rings is 2. The minimum Gasteiger partial charge on any atom is -0.288 e. The Morgan fingerprint density at radius 3 is 2.32 bits per heavy atom. The van der Waals surface area contributed by atoms with Crippen LogP contribution in [-0.4, -0.2) is 5.78 Å². The van der Waals surface area contributed by atoms with Gasteiger partial charge in [-0.15, -0.1) is 0 Å². The van der Waals surface area contributed by atoms with Crippen LogP contribution in [0.3, 0.4) is 0 Å². The van der Waals surface area contributed by atoms with E-state index in [1.807, 2.05) is 0 Å². The molecule has 2 aromatic rings. The Kier molecular flexibility index (Phi) is 3.67. The lowest BCUT2D eigenvalue weighted by Crippen LogP contribution is -2.06. The van der Waals surface area contributed by atoms with Gasteiger partial charge in [-0.3, -0.25) is 4.79 Å². The summed E-state index contributed by atoms with van der Waals surface area (Å²) in [6.45, 7) is 3.18. The first-order chi connectivity index (χ1) is 8.90. The van der Waals surface area contributed by atoms with Crippen molar-refractivity contribution in [2.45, 2.75) is 13.8 Å². The molecule has 0 aliphatic heterocycles. The van der Waals surface area contributed by atoms with Crippen LogP contribution in [0.1, 0.15) is 27.0 Å². The molecule has 4 heteroatoms. The van der Waals surface area contributed by atoms with Gasteiger partial charge in [0, 0.05) is 10.6 Å². The summed E-state index contributed by atoms with van der Waals surface area (Å²) in [6.07, 6.45) is 0. The van der Waals surface area contributed by atoms with E-state index in [1.54, 1.807) is 19.1 Å². The largest absolute Gasteiger partial charge is 0.288 e. The molecular formula is C15H11ClF2O. The molecule has 0 spiro atoms. The van der Waals surface area contributed by atoms with Gasteiger partial charge >= 0.3 is 0 Å². The lowest BCUT2D eigenvalue weighted by molar-refractivity contribution is 0.103. The summed E-state index contributed by atoms with van der Waals surface area (Å²) in [5.41, 5.74) is 0.885. The van der Waals surface area contributed by atoms with Crippen LogP contribution in [0.2, 0.25) is 5.02 Å². The minimum absolute atomic E-state index is 0.168. The third-order valence-electron chi connectivity index (χ3n) is 2.91. The topological polar surface area (TPSA) is 17.1 Å². The van der Waals surface area contributed by atoms with Crippen LogP contribution in [0.5, 0.6) is 0 Å². The van der Waals surface area contributed by atoms with Gasteiger partial charge in [-0.25, -0.2) is 8.78 Å². The van der Waals surface area contributed by atoms with E-state index < -0.39 is 17.4 Å². The Morgan fingerprint density at radius 1 is 1.00 bits per heavy atom. The fourth-order valence-electron chi connectivity index (χ4n) is 1.76. The molecule has 98 valence electrons. The van der Waals surface area contributed by atoms with E-state index in [0.29, 0.717) is 10.6 Å². The summed E-state index contributed by atoms with van der Waals surface area (Å²) < 4.78 is 27.2. The highest BCUT2D eigenvalue weighted by molar-refractivity contribution is 6.31. The second-order valence-corrected chi connectivity index (χ2v) is 4.78. The van der Waals surface area contributed by atoms with Crippen LogP contribution in [-0.2, 0) is 0 Å². The van der Waals surface area contributed by atoms with Crippen molar-refractivity contribution in [1.82, 2.24) is 0 Å². The molecule has 0 unspecified atom stereocenters. The Balaban J connectivity index is 2.49. The Morgan fingerprint density at radius 2 is 1.68 bits per heavy atom. The molecule has 0 atom stereocenters. The summed E-state index contributed by atoms with van der Waals surface area (Å²) in [6, 6.07) is 6.56. The zero-order valence-electron chi connectivity index (χ0n) is 10.4. The van der Waals surface area contributed by atoms with Crippen molar-refractivity contribution < 1.29 is 13.6 Å². The van der Waals surface area contributed by atoms with E-state index in [4.69, 9.17) is 11.6 Å². The normalized spacial score (nSPS) is 10.6. The van der Waals surface area contributed by atoms with Gasteiger partial charge in [0.1, 0.15) is 11.6 Å². The number of aryl methyl sites for hydroxylation is 2. The van der Waals surface area contributed by atoms with Gasteiger partial charge in [0.05, 0.1) is 5.56 Å². The third-order valence-corrected chi connectivity index (χ3v) is 3.34. The Labute approximate surface area is 114 Å². The first-order valence-electron chi connectivity index (χ1n) is 5.66. The average Bonchev–Trinajstić information content (AvgIpc) is 2.36. The van der Waals surface area contributed by atoms with Gasteiger partial charge in [0.2, 0.25) is 0 Å². The SMILES string of the molecule is Cc1cc(F)c(C(=O)c2ccc(Cl)c(C)c2)cc1F. The first-order valence-corrected chi connectivity index (χ1v) is 6.04. The van der Waals surface area contributed by atoms with Crippen molar-refractivity contribution in [3.05, 3.63) is 69.2 Å². The number of ketones is 1. The number of rotatable bonds is 2. The highest BCUT2D eigenvalue weighted by atomic mass is 35.5. The fourth-order valence-corrected chi connectivity index (χ4v) is 1.88. The molecule has 1 nitrogen and oxygen atoms in total. The second kappa shape index (κ2) is 5.10. The summed E-state index contributed by atoms with van der Waals surface area (Å²) in [4.78, 5) is 12.1. The van der Waals surface area contributed by atoms with Crippen molar-refractivity contribution in [2.75, 3.05) is 0 Å². The van der Waals surface area contributed by atoms with Crippen LogP contribution in [0.15, 0.2) is 30.3 Å². The molecule has 0 fully saturated rings. The molecule has 2 aromatic carbocycles. The molecular weight excluding hydrogens is 270 g/mol. The fraction of sp³-hybridized carbons (Fsp3) is 0.133. The van der Waals surface area contributed by atoms with Crippen molar-refractivity contribution in [2.24, 2.45) is 0 Å². The smallest absolute Gasteiger partial charge is 0.196 e. The summed E-state index contributed by atoms with van der Waals surface area (Å²) in [5.74, 6) is -1.89. The zero-order chi connectivity index (χ0) is 14.2. The average molecular weight is 281 g/mol. The zero-order valence-corrected chi connectivity index (χ0v) is 11.2. The quantitative estimate of drug-likeness (QED) is 0.742. The van der Waals surface area contributed by atoms with E-state index in [0.717, 1.165) is 12.1 Å². The van der Waals surface area contributed by atoms with Gasteiger partial charge in [0.15, 0.2) is 5.78 Å². The predicted octanol–water partition coefficient (Wildman–Crippen LogP) is 4.47. The van der Waals surface area contributed by atoms with E-state index in [-0.39, 0.29) is 16.7 Å². The molecule has 0 radical (unpaired) electrons. The molecule has 0 amide bonds. The number of hydrogen-bond donors (Lipinski definition) is 0. The molecule has 0 saturated carbocycles. The number of carbonyl (C=O) groups is 1. The van der Waals surface area contributed by atoms with Gasteiger partial charge in [-0.2, -0.15) is 0 Å². The standard InChI is InChI=1S/C15H11ClF2O/c1-8-5-10(3-4-12(8)16)15(19)11-7-13(17)9(2)6-14(11)18/h3-7H,1-2H3. The maximum absolute atomic E-state index is 13.7. The van der Waals surface area contributed by atoms with Crippen molar-refractivity contribution >= 4 is 17.4 Å². The van der Waals surface area contributed by atoms with E-state index >= 15 is 0 Å². The second-order valence-electron chi connectivity index (χ2n) is 4.37. The van der Waals surface area contributed by atoms with Crippen LogP contribution in [0, 0.1) is 25.5 Å². The summed E-state index contributed by atoms with van der Waals surface area (Å²) in [7, 11) is 0.